The van der Waals surface area contributed by atoms with E-state index >= 15 is 0 Å². The molecule has 1 atom stereocenters. The number of alkyl halides is 3. The number of benzene rings is 3. The summed E-state index contributed by atoms with van der Waals surface area (Å²) in [7, 11) is 1.74. The van der Waals surface area contributed by atoms with Crippen molar-refractivity contribution >= 4 is 17.9 Å². The lowest BCUT2D eigenvalue weighted by Gasteiger charge is -2.31. The van der Waals surface area contributed by atoms with Gasteiger partial charge < -0.3 is 15.5 Å². The van der Waals surface area contributed by atoms with Gasteiger partial charge in [-0.05, 0) is 117 Å². The van der Waals surface area contributed by atoms with E-state index in [0.29, 0.717) is 34.0 Å². The van der Waals surface area contributed by atoms with Crippen molar-refractivity contribution in [2.75, 3.05) is 20.1 Å². The third-order valence-corrected chi connectivity index (χ3v) is 8.41. The second-order valence-electron chi connectivity index (χ2n) is 11.6. The summed E-state index contributed by atoms with van der Waals surface area (Å²) < 4.78 is 43.0. The second kappa shape index (κ2) is 12.6. The average molecular weight is 587 g/mol. The zero-order valence-electron chi connectivity index (χ0n) is 23.8. The molecule has 220 valence electrons. The normalized spacial score (nSPS) is 14.9. The number of nitrogens with one attached hydrogen (secondary N) is 1. The summed E-state index contributed by atoms with van der Waals surface area (Å²) in [6, 6.07) is 16.9. The quantitative estimate of drug-likeness (QED) is 0.214. The molecule has 0 heterocycles. The van der Waals surface area contributed by atoms with Crippen LogP contribution in [0.2, 0.25) is 0 Å². The minimum absolute atomic E-state index is 0.106. The number of carbonyl (C=O) groups is 1. The lowest BCUT2D eigenvalue weighted by atomic mass is 9.88. The first-order valence-corrected chi connectivity index (χ1v) is 14.4. The fourth-order valence-electron chi connectivity index (χ4n) is 5.63. The van der Waals surface area contributed by atoms with Gasteiger partial charge in [0.25, 0.3) is 0 Å². The second-order valence-corrected chi connectivity index (χ2v) is 12.9. The van der Waals surface area contributed by atoms with Crippen LogP contribution in [0.4, 0.5) is 13.2 Å². The molecular formula is C32H37F3N2O3S. The zero-order valence-corrected chi connectivity index (χ0v) is 24.6. The third-order valence-electron chi connectivity index (χ3n) is 7.50. The molecule has 9 heteroatoms. The minimum Gasteiger partial charge on any atom is -0.478 e. The number of likely N-dealkylation sites (N-methyl/N-ethyl adjacent to an activating group) is 1. The van der Waals surface area contributed by atoms with Gasteiger partial charge in [-0.25, -0.2) is 9.10 Å². The van der Waals surface area contributed by atoms with Crippen LogP contribution in [-0.2, 0) is 19.0 Å². The number of aryl methyl sites for hydroxylation is 1. The van der Waals surface area contributed by atoms with Gasteiger partial charge in [-0.2, -0.15) is 13.2 Å². The monoisotopic (exact) mass is 586 g/mol. The fraction of sp³-hybridized carbons (Fsp3) is 0.406. The molecule has 0 aliphatic heterocycles. The van der Waals surface area contributed by atoms with E-state index in [1.807, 2.05) is 0 Å². The predicted molar refractivity (Wildman–Crippen MR) is 157 cm³/mol. The topological polar surface area (TPSA) is 72.8 Å². The number of carboxylic acids is 1. The molecule has 41 heavy (non-hydrogen) atoms. The highest BCUT2D eigenvalue weighted by Crippen LogP contribution is 2.37. The summed E-state index contributed by atoms with van der Waals surface area (Å²) in [5.41, 5.74) is 3.28. The summed E-state index contributed by atoms with van der Waals surface area (Å²) in [5.74, 6) is -0.541. The Hall–Kier alpha value is -2.85. The van der Waals surface area contributed by atoms with E-state index in [2.05, 4.69) is 43.4 Å². The summed E-state index contributed by atoms with van der Waals surface area (Å²) >= 11 is 1.13. The van der Waals surface area contributed by atoms with E-state index in [9.17, 15) is 28.2 Å². The van der Waals surface area contributed by atoms with Crippen LogP contribution in [0, 0.1) is 12.8 Å². The molecule has 0 radical (unpaired) electrons. The van der Waals surface area contributed by atoms with Crippen molar-refractivity contribution in [1.29, 1.82) is 0 Å². The van der Waals surface area contributed by atoms with E-state index in [4.69, 9.17) is 0 Å². The number of hydrogen-bond donors (Lipinski definition) is 3. The number of rotatable bonds is 11. The van der Waals surface area contributed by atoms with Crippen molar-refractivity contribution in [3.63, 3.8) is 0 Å². The van der Waals surface area contributed by atoms with Crippen LogP contribution in [0.25, 0.3) is 11.1 Å². The molecule has 5 nitrogen and oxygen atoms in total. The number of aromatic carboxylic acids is 1. The first kappa shape index (κ1) is 31.1. The maximum atomic E-state index is 13.7. The number of β-amino-alcohol motifs (C(OH)–C–C–N with tert-alkyl or cyclic N) is 1. The summed E-state index contributed by atoms with van der Waals surface area (Å²) in [5, 5.41) is 23.5. The van der Waals surface area contributed by atoms with Gasteiger partial charge in [-0.3, -0.25) is 0 Å². The molecular weight excluding hydrogens is 549 g/mol. The van der Waals surface area contributed by atoms with Gasteiger partial charge in [0, 0.05) is 23.5 Å². The average Bonchev–Trinajstić information content (AvgIpc) is 3.28. The predicted octanol–water partition coefficient (Wildman–Crippen LogP) is 6.85. The smallest absolute Gasteiger partial charge is 0.416 e. The maximum Gasteiger partial charge on any atom is 0.416 e. The van der Waals surface area contributed by atoms with Crippen molar-refractivity contribution in [2.45, 2.75) is 62.7 Å². The van der Waals surface area contributed by atoms with Crippen LogP contribution < -0.4 is 5.32 Å². The third kappa shape index (κ3) is 8.35. The molecule has 4 rings (SSSR count). The lowest BCUT2D eigenvalue weighted by molar-refractivity contribution is -0.137. The Kier molecular flexibility index (Phi) is 9.53. The number of aliphatic hydroxyl groups is 1. The molecule has 3 N–H and O–H groups in total. The first-order chi connectivity index (χ1) is 19.2. The molecule has 0 saturated heterocycles. The molecule has 1 unspecified atom stereocenters. The van der Waals surface area contributed by atoms with Gasteiger partial charge in [0.2, 0.25) is 0 Å². The first-order valence-electron chi connectivity index (χ1n) is 13.7. The van der Waals surface area contributed by atoms with Gasteiger partial charge in [0.15, 0.2) is 0 Å². The van der Waals surface area contributed by atoms with Crippen LogP contribution in [0.3, 0.4) is 0 Å². The molecule has 1 aliphatic carbocycles. The van der Waals surface area contributed by atoms with E-state index in [1.54, 1.807) is 30.4 Å². The molecule has 0 aromatic heterocycles. The molecule has 0 bridgehead atoms. The Labute approximate surface area is 243 Å². The van der Waals surface area contributed by atoms with Crippen LogP contribution in [0.15, 0.2) is 65.6 Å². The molecule has 0 spiro atoms. The lowest BCUT2D eigenvalue weighted by Crippen LogP contribution is -2.46. The van der Waals surface area contributed by atoms with E-state index in [1.165, 1.54) is 23.3 Å². The van der Waals surface area contributed by atoms with Crippen LogP contribution in [0.5, 0.6) is 0 Å². The Morgan fingerprint density at radius 1 is 1.05 bits per heavy atom. The van der Waals surface area contributed by atoms with Crippen molar-refractivity contribution < 1.29 is 28.2 Å². The zero-order chi connectivity index (χ0) is 29.9. The number of carboxylic acid groups (broad SMARTS) is 1. The Morgan fingerprint density at radius 3 is 2.29 bits per heavy atom. The van der Waals surface area contributed by atoms with Crippen molar-refractivity contribution in [2.24, 2.45) is 5.92 Å². The standard InChI is InChI=1S/C32H37F3N2O3S/c1-20-11-24(9-10-29(20)30(39)40)25-14-26(32(33,34)35)16-28(15-25)41-37(4)19-27(38)18-36-31(2,3)17-21-12-22-7-5-6-8-23(22)13-21/h5-11,14-16,21,27,36,38H,12-13,17-19H2,1-4H3,(H,39,40). The van der Waals surface area contributed by atoms with Crippen molar-refractivity contribution in [3.8, 4) is 11.1 Å². The number of fused-ring (bicyclic) bond motifs is 1. The van der Waals surface area contributed by atoms with Gasteiger partial charge >= 0.3 is 12.1 Å². The SMILES string of the molecule is Cc1cc(-c2cc(SN(C)CC(O)CNC(C)(C)CC3Cc4ccccc4C3)cc(C(F)(F)F)c2)ccc1C(=O)O. The number of hydrogen-bond acceptors (Lipinski definition) is 5. The number of aliphatic hydroxyl groups excluding tert-OH is 1. The van der Waals surface area contributed by atoms with E-state index in [0.717, 1.165) is 43.3 Å². The molecule has 0 amide bonds. The van der Waals surface area contributed by atoms with E-state index in [-0.39, 0.29) is 17.6 Å². The van der Waals surface area contributed by atoms with Crippen LogP contribution in [-0.4, -0.2) is 52.3 Å². The van der Waals surface area contributed by atoms with E-state index < -0.39 is 23.8 Å². The highest BCUT2D eigenvalue weighted by Gasteiger charge is 2.32. The number of halogens is 3. The Balaban J connectivity index is 1.37. The largest absolute Gasteiger partial charge is 0.478 e. The maximum absolute atomic E-state index is 13.7. The van der Waals surface area contributed by atoms with Crippen molar-refractivity contribution in [3.05, 3.63) is 88.5 Å². The van der Waals surface area contributed by atoms with Gasteiger partial charge in [0.1, 0.15) is 0 Å². The molecule has 1 aliphatic rings. The summed E-state index contributed by atoms with van der Waals surface area (Å²) in [6.07, 6.45) is -2.17. The van der Waals surface area contributed by atoms with Gasteiger partial charge in [0.05, 0.1) is 17.2 Å². The Bertz CT molecular complexity index is 1370. The van der Waals surface area contributed by atoms with Crippen LogP contribution in [0.1, 0.15) is 52.9 Å². The van der Waals surface area contributed by atoms with Crippen LogP contribution >= 0.6 is 11.9 Å². The molecule has 0 fully saturated rings. The van der Waals surface area contributed by atoms with Gasteiger partial charge in [-0.1, -0.05) is 36.4 Å². The molecule has 3 aromatic carbocycles. The summed E-state index contributed by atoms with van der Waals surface area (Å²) in [6.45, 7) is 6.50. The fourth-order valence-corrected chi connectivity index (χ4v) is 6.59. The highest BCUT2D eigenvalue weighted by molar-refractivity contribution is 7.97. The molecule has 3 aromatic rings. The van der Waals surface area contributed by atoms with Crippen molar-refractivity contribution in [1.82, 2.24) is 9.62 Å². The number of nitrogens with zero attached hydrogens (tertiary/aromatic N) is 1. The minimum atomic E-state index is -4.55. The Morgan fingerprint density at radius 2 is 1.71 bits per heavy atom. The van der Waals surface area contributed by atoms with Gasteiger partial charge in [-0.15, -0.1) is 0 Å². The highest BCUT2D eigenvalue weighted by atomic mass is 32.2. The molecule has 0 saturated carbocycles. The summed E-state index contributed by atoms with van der Waals surface area (Å²) in [4.78, 5) is 11.7.